The Labute approximate surface area is 146 Å². The van der Waals surface area contributed by atoms with E-state index in [1.807, 2.05) is 6.92 Å². The number of hydrogen-bond donors (Lipinski definition) is 3. The van der Waals surface area contributed by atoms with Crippen LogP contribution < -0.4 is 5.32 Å². The van der Waals surface area contributed by atoms with Crippen molar-refractivity contribution in [3.63, 3.8) is 0 Å². The standard InChI is InChI=1S/C18H24FNO5/c1-4-25-14-10-18(16(23)24,17(14,2)3)20-15(22)9-13(21)11-6-5-7-12(19)8-11/h5-8,13-14,21H,4,9-10H2,1-3H3,(H,20,22)(H,23,24). The summed E-state index contributed by atoms with van der Waals surface area (Å²) >= 11 is 0. The molecule has 0 radical (unpaired) electrons. The average Bonchev–Trinajstić information content (AvgIpc) is 2.53. The summed E-state index contributed by atoms with van der Waals surface area (Å²) in [7, 11) is 0. The molecule has 1 fully saturated rings. The minimum atomic E-state index is -1.45. The van der Waals surface area contributed by atoms with Gasteiger partial charge in [-0.2, -0.15) is 0 Å². The zero-order valence-corrected chi connectivity index (χ0v) is 14.6. The highest BCUT2D eigenvalue weighted by Gasteiger charge is 2.66. The molecule has 6 nitrogen and oxygen atoms in total. The van der Waals surface area contributed by atoms with E-state index in [1.54, 1.807) is 13.8 Å². The van der Waals surface area contributed by atoms with Crippen LogP contribution in [-0.2, 0) is 14.3 Å². The lowest BCUT2D eigenvalue weighted by molar-refractivity contribution is -0.194. The van der Waals surface area contributed by atoms with Crippen LogP contribution in [0, 0.1) is 11.2 Å². The van der Waals surface area contributed by atoms with Gasteiger partial charge in [-0.05, 0) is 24.6 Å². The molecule has 3 unspecified atom stereocenters. The zero-order chi connectivity index (χ0) is 18.8. The molecule has 1 aliphatic carbocycles. The molecule has 3 atom stereocenters. The molecule has 1 saturated carbocycles. The van der Waals surface area contributed by atoms with Gasteiger partial charge in [0.05, 0.1) is 18.6 Å². The van der Waals surface area contributed by atoms with E-state index < -0.39 is 34.8 Å². The molecule has 0 aliphatic heterocycles. The molecule has 0 saturated heterocycles. The minimum absolute atomic E-state index is 0.158. The third kappa shape index (κ3) is 3.52. The van der Waals surface area contributed by atoms with Crippen molar-refractivity contribution in [1.29, 1.82) is 0 Å². The van der Waals surface area contributed by atoms with E-state index in [1.165, 1.54) is 18.2 Å². The Morgan fingerprint density at radius 2 is 2.12 bits per heavy atom. The summed E-state index contributed by atoms with van der Waals surface area (Å²) in [4.78, 5) is 24.1. The van der Waals surface area contributed by atoms with E-state index in [0.717, 1.165) is 6.07 Å². The first kappa shape index (κ1) is 19.3. The fraction of sp³-hybridized carbons (Fsp3) is 0.556. The molecule has 138 valence electrons. The number of aliphatic carboxylic acids is 1. The maximum atomic E-state index is 13.2. The third-order valence-electron chi connectivity index (χ3n) is 5.09. The van der Waals surface area contributed by atoms with Gasteiger partial charge in [-0.1, -0.05) is 26.0 Å². The molecule has 0 aromatic heterocycles. The van der Waals surface area contributed by atoms with Crippen LogP contribution in [0.4, 0.5) is 4.39 Å². The molecule has 3 N–H and O–H groups in total. The number of carbonyl (C=O) groups is 2. The molecule has 0 spiro atoms. The molecule has 25 heavy (non-hydrogen) atoms. The molecule has 0 heterocycles. The van der Waals surface area contributed by atoms with Crippen molar-refractivity contribution in [2.75, 3.05) is 6.61 Å². The fourth-order valence-corrected chi connectivity index (χ4v) is 3.33. The van der Waals surface area contributed by atoms with Crippen molar-refractivity contribution in [1.82, 2.24) is 5.32 Å². The number of carboxylic acid groups (broad SMARTS) is 1. The number of nitrogens with one attached hydrogen (secondary N) is 1. The van der Waals surface area contributed by atoms with Gasteiger partial charge < -0.3 is 20.3 Å². The van der Waals surface area contributed by atoms with Gasteiger partial charge in [-0.15, -0.1) is 0 Å². The predicted octanol–water partition coefficient (Wildman–Crippen LogP) is 2.02. The van der Waals surface area contributed by atoms with Crippen molar-refractivity contribution in [3.8, 4) is 0 Å². The van der Waals surface area contributed by atoms with Crippen LogP contribution in [0.3, 0.4) is 0 Å². The van der Waals surface area contributed by atoms with Gasteiger partial charge in [0.25, 0.3) is 0 Å². The number of aliphatic hydroxyl groups excluding tert-OH is 1. The van der Waals surface area contributed by atoms with Crippen molar-refractivity contribution < 1.29 is 28.9 Å². The Morgan fingerprint density at radius 1 is 1.44 bits per heavy atom. The van der Waals surface area contributed by atoms with Crippen molar-refractivity contribution >= 4 is 11.9 Å². The molecule has 7 heteroatoms. The van der Waals surface area contributed by atoms with Gasteiger partial charge in [0.15, 0.2) is 0 Å². The first-order chi connectivity index (χ1) is 11.6. The number of aliphatic hydroxyl groups is 1. The highest BCUT2D eigenvalue weighted by Crippen LogP contribution is 2.51. The van der Waals surface area contributed by atoms with Crippen LogP contribution >= 0.6 is 0 Å². The summed E-state index contributed by atoms with van der Waals surface area (Å²) < 4.78 is 18.8. The molecule has 1 aromatic rings. The van der Waals surface area contributed by atoms with Gasteiger partial charge in [-0.3, -0.25) is 4.79 Å². The number of benzene rings is 1. The zero-order valence-electron chi connectivity index (χ0n) is 14.6. The monoisotopic (exact) mass is 353 g/mol. The van der Waals surface area contributed by atoms with Crippen molar-refractivity contribution in [2.24, 2.45) is 5.41 Å². The van der Waals surface area contributed by atoms with E-state index in [0.29, 0.717) is 6.61 Å². The van der Waals surface area contributed by atoms with Gasteiger partial charge in [-0.25, -0.2) is 9.18 Å². The number of hydrogen-bond acceptors (Lipinski definition) is 4. The van der Waals surface area contributed by atoms with Crippen LogP contribution in [-0.4, -0.2) is 40.3 Å². The van der Waals surface area contributed by atoms with Gasteiger partial charge in [0, 0.05) is 18.4 Å². The summed E-state index contributed by atoms with van der Waals surface area (Å²) in [5, 5.41) is 22.3. The van der Waals surface area contributed by atoms with Gasteiger partial charge >= 0.3 is 5.97 Å². The van der Waals surface area contributed by atoms with E-state index >= 15 is 0 Å². The quantitative estimate of drug-likeness (QED) is 0.697. The number of carbonyl (C=O) groups excluding carboxylic acids is 1. The molecule has 1 amide bonds. The molecular weight excluding hydrogens is 329 g/mol. The topological polar surface area (TPSA) is 95.9 Å². The molecule has 1 aliphatic rings. The molecule has 2 rings (SSSR count). The van der Waals surface area contributed by atoms with Crippen molar-refractivity contribution in [2.45, 2.75) is 51.4 Å². The Bertz CT molecular complexity index is 663. The van der Waals surface area contributed by atoms with Crippen LogP contribution in [0.25, 0.3) is 0 Å². The summed E-state index contributed by atoms with van der Waals surface area (Å²) in [6, 6.07) is 5.32. The first-order valence-corrected chi connectivity index (χ1v) is 8.23. The lowest BCUT2D eigenvalue weighted by Gasteiger charge is -2.58. The second kappa shape index (κ2) is 7.09. The van der Waals surface area contributed by atoms with E-state index in [9.17, 15) is 24.2 Å². The maximum Gasteiger partial charge on any atom is 0.330 e. The van der Waals surface area contributed by atoms with Gasteiger partial charge in [0.1, 0.15) is 11.4 Å². The normalized spacial score (nSPS) is 25.7. The lowest BCUT2D eigenvalue weighted by Crippen LogP contribution is -2.76. The van der Waals surface area contributed by atoms with Crippen LogP contribution in [0.2, 0.25) is 0 Å². The Kier molecular flexibility index (Phi) is 5.49. The van der Waals surface area contributed by atoms with Crippen LogP contribution in [0.5, 0.6) is 0 Å². The average molecular weight is 353 g/mol. The van der Waals surface area contributed by atoms with E-state index in [-0.39, 0.29) is 24.5 Å². The first-order valence-electron chi connectivity index (χ1n) is 8.23. The summed E-state index contributed by atoms with van der Waals surface area (Å²) in [6.07, 6.45) is -1.69. The second-order valence-corrected chi connectivity index (χ2v) is 6.90. The SMILES string of the molecule is CCOC1CC(NC(=O)CC(O)c2cccc(F)c2)(C(=O)O)C1(C)C. The van der Waals surface area contributed by atoms with Gasteiger partial charge in [0.2, 0.25) is 5.91 Å². The Hall–Kier alpha value is -1.99. The number of ether oxygens (including phenoxy) is 1. The smallest absolute Gasteiger partial charge is 0.330 e. The van der Waals surface area contributed by atoms with Crippen LogP contribution in [0.1, 0.15) is 45.3 Å². The summed E-state index contributed by atoms with van der Waals surface area (Å²) in [6.45, 7) is 5.74. The Morgan fingerprint density at radius 3 is 2.64 bits per heavy atom. The lowest BCUT2D eigenvalue weighted by atomic mass is 9.54. The minimum Gasteiger partial charge on any atom is -0.479 e. The fourth-order valence-electron chi connectivity index (χ4n) is 3.33. The highest BCUT2D eigenvalue weighted by atomic mass is 19.1. The van der Waals surface area contributed by atoms with Crippen molar-refractivity contribution in [3.05, 3.63) is 35.6 Å². The number of amides is 1. The van der Waals surface area contributed by atoms with E-state index in [2.05, 4.69) is 5.32 Å². The molecular formula is C18H24FNO5. The predicted molar refractivity (Wildman–Crippen MR) is 88.3 cm³/mol. The Balaban J connectivity index is 2.08. The number of carboxylic acids is 1. The third-order valence-corrected chi connectivity index (χ3v) is 5.09. The largest absolute Gasteiger partial charge is 0.479 e. The summed E-state index contributed by atoms with van der Waals surface area (Å²) in [5.74, 6) is -2.26. The van der Waals surface area contributed by atoms with Crippen LogP contribution in [0.15, 0.2) is 24.3 Å². The van der Waals surface area contributed by atoms with E-state index in [4.69, 9.17) is 4.74 Å². The maximum absolute atomic E-state index is 13.2. The second-order valence-electron chi connectivity index (χ2n) is 6.90. The number of halogens is 1. The molecule has 0 bridgehead atoms. The molecule has 1 aromatic carbocycles. The highest BCUT2D eigenvalue weighted by molar-refractivity contribution is 5.89. The number of rotatable bonds is 7. The summed E-state index contributed by atoms with van der Waals surface area (Å²) in [5.41, 5.74) is -1.99.